The van der Waals surface area contributed by atoms with Crippen molar-refractivity contribution in [1.29, 1.82) is 0 Å². The third-order valence-electron chi connectivity index (χ3n) is 2.67. The van der Waals surface area contributed by atoms with Crippen LogP contribution in [0.1, 0.15) is 6.42 Å². The van der Waals surface area contributed by atoms with Gasteiger partial charge < -0.3 is 19.8 Å². The first-order chi connectivity index (χ1) is 6.15. The van der Waals surface area contributed by atoms with E-state index >= 15 is 0 Å². The van der Waals surface area contributed by atoms with Crippen LogP contribution in [0.25, 0.3) is 0 Å². The molecule has 0 spiro atoms. The molecule has 5 heteroatoms. The molecule has 1 saturated heterocycles. The van der Waals surface area contributed by atoms with E-state index < -0.39 is 7.05 Å². The second kappa shape index (κ2) is 4.95. The Kier molecular flexibility index (Phi) is 4.19. The molecular formula is C8H19BN2O2. The summed E-state index contributed by atoms with van der Waals surface area (Å²) in [5.74, 6) is 0. The minimum atomic E-state index is -0.398. The Bertz CT molecular complexity index is 157. The molecule has 1 aliphatic rings. The van der Waals surface area contributed by atoms with E-state index in [0.29, 0.717) is 6.04 Å². The molecule has 0 aromatic carbocycles. The van der Waals surface area contributed by atoms with Gasteiger partial charge in [-0.25, -0.2) is 0 Å². The van der Waals surface area contributed by atoms with Gasteiger partial charge in [-0.05, 0) is 20.3 Å². The van der Waals surface area contributed by atoms with Gasteiger partial charge in [0.25, 0.3) is 0 Å². The summed E-state index contributed by atoms with van der Waals surface area (Å²) in [5.41, 5.74) is 0. The van der Waals surface area contributed by atoms with Crippen LogP contribution >= 0.6 is 0 Å². The van der Waals surface area contributed by atoms with Crippen molar-refractivity contribution in [2.45, 2.75) is 19.3 Å². The SMILES string of the molecule is CB(O)N1CCN(C)C[C@@H]1CCO. The van der Waals surface area contributed by atoms with Gasteiger partial charge in [0.2, 0.25) is 0 Å². The first-order valence-electron chi connectivity index (χ1n) is 4.88. The average molecular weight is 186 g/mol. The molecule has 0 saturated carbocycles. The maximum absolute atomic E-state index is 9.49. The highest BCUT2D eigenvalue weighted by Crippen LogP contribution is 2.12. The highest BCUT2D eigenvalue weighted by Gasteiger charge is 2.29. The van der Waals surface area contributed by atoms with Gasteiger partial charge in [-0.2, -0.15) is 0 Å². The molecular weight excluding hydrogens is 167 g/mol. The zero-order valence-electron chi connectivity index (χ0n) is 8.48. The van der Waals surface area contributed by atoms with Crippen LogP contribution in [0.15, 0.2) is 0 Å². The van der Waals surface area contributed by atoms with E-state index in [1.165, 1.54) is 0 Å². The first-order valence-corrected chi connectivity index (χ1v) is 4.88. The molecule has 2 N–H and O–H groups in total. The van der Waals surface area contributed by atoms with Crippen LogP contribution in [0.5, 0.6) is 0 Å². The number of hydrogen-bond acceptors (Lipinski definition) is 4. The van der Waals surface area contributed by atoms with Crippen LogP contribution in [-0.2, 0) is 0 Å². The molecule has 0 aliphatic carbocycles. The number of likely N-dealkylation sites (N-methyl/N-ethyl adjacent to an activating group) is 1. The van der Waals surface area contributed by atoms with Gasteiger partial charge in [0.15, 0.2) is 0 Å². The number of piperazine rings is 1. The Morgan fingerprint density at radius 3 is 2.69 bits per heavy atom. The first kappa shape index (κ1) is 11.0. The molecule has 4 nitrogen and oxygen atoms in total. The Hall–Kier alpha value is -0.0951. The van der Waals surface area contributed by atoms with Crippen molar-refractivity contribution in [3.63, 3.8) is 0 Å². The normalized spacial score (nSPS) is 26.3. The van der Waals surface area contributed by atoms with Gasteiger partial charge in [0.1, 0.15) is 0 Å². The Balaban J connectivity index is 2.50. The van der Waals surface area contributed by atoms with Crippen molar-refractivity contribution in [3.8, 4) is 0 Å². The van der Waals surface area contributed by atoms with Crippen molar-refractivity contribution < 1.29 is 10.1 Å². The lowest BCUT2D eigenvalue weighted by Crippen LogP contribution is -2.56. The molecule has 1 atom stereocenters. The van der Waals surface area contributed by atoms with Crippen LogP contribution in [0.2, 0.25) is 6.82 Å². The van der Waals surface area contributed by atoms with Gasteiger partial charge in [-0.3, -0.25) is 0 Å². The quantitative estimate of drug-likeness (QED) is 0.560. The van der Waals surface area contributed by atoms with E-state index in [2.05, 4.69) is 16.8 Å². The van der Waals surface area contributed by atoms with E-state index in [9.17, 15) is 5.02 Å². The molecule has 0 unspecified atom stereocenters. The average Bonchev–Trinajstić information content (AvgIpc) is 2.04. The van der Waals surface area contributed by atoms with E-state index in [0.717, 1.165) is 26.1 Å². The van der Waals surface area contributed by atoms with E-state index in [1.54, 1.807) is 6.82 Å². The number of hydrogen-bond donors (Lipinski definition) is 2. The van der Waals surface area contributed by atoms with Gasteiger partial charge in [0, 0.05) is 32.3 Å². The van der Waals surface area contributed by atoms with Crippen LogP contribution in [0.4, 0.5) is 0 Å². The molecule has 0 radical (unpaired) electrons. The lowest BCUT2D eigenvalue weighted by molar-refractivity contribution is 0.120. The highest BCUT2D eigenvalue weighted by atomic mass is 16.3. The lowest BCUT2D eigenvalue weighted by atomic mass is 9.81. The van der Waals surface area contributed by atoms with Gasteiger partial charge in [-0.1, -0.05) is 0 Å². The van der Waals surface area contributed by atoms with Gasteiger partial charge in [-0.15, -0.1) is 0 Å². The summed E-state index contributed by atoms with van der Waals surface area (Å²) in [7, 11) is 1.68. The Morgan fingerprint density at radius 1 is 1.46 bits per heavy atom. The standard InChI is InChI=1S/C8H19BN2O2/c1-9(13)11-5-4-10(2)7-8(11)3-6-12/h8,12-13H,3-7H2,1-2H3/t8-/m0/s1. The number of aliphatic hydroxyl groups is 1. The molecule has 1 aliphatic heterocycles. The second-order valence-electron chi connectivity index (χ2n) is 3.80. The zero-order valence-corrected chi connectivity index (χ0v) is 8.48. The third-order valence-corrected chi connectivity index (χ3v) is 2.67. The number of rotatable bonds is 3. The third kappa shape index (κ3) is 2.95. The number of aliphatic hydroxyl groups excluding tert-OH is 1. The summed E-state index contributed by atoms with van der Waals surface area (Å²) < 4.78 is 0. The molecule has 0 bridgehead atoms. The molecule has 1 heterocycles. The summed E-state index contributed by atoms with van der Waals surface area (Å²) in [6.45, 7) is 4.80. The van der Waals surface area contributed by atoms with Crippen LogP contribution in [0.3, 0.4) is 0 Å². The fourth-order valence-electron chi connectivity index (χ4n) is 1.92. The fraction of sp³-hybridized carbons (Fsp3) is 1.00. The Morgan fingerprint density at radius 2 is 2.15 bits per heavy atom. The lowest BCUT2D eigenvalue weighted by Gasteiger charge is -2.40. The molecule has 0 aromatic rings. The monoisotopic (exact) mass is 186 g/mol. The highest BCUT2D eigenvalue weighted by molar-refractivity contribution is 6.45. The van der Waals surface area contributed by atoms with Gasteiger partial charge >= 0.3 is 7.05 Å². The summed E-state index contributed by atoms with van der Waals surface area (Å²) in [4.78, 5) is 4.29. The molecule has 0 amide bonds. The molecule has 1 fully saturated rings. The predicted octanol–water partition coefficient (Wildman–Crippen LogP) is -0.905. The fourth-order valence-corrected chi connectivity index (χ4v) is 1.92. The van der Waals surface area contributed by atoms with Crippen LogP contribution in [0, 0.1) is 0 Å². The maximum Gasteiger partial charge on any atom is 0.376 e. The minimum Gasteiger partial charge on any atom is -0.437 e. The van der Waals surface area contributed by atoms with Crippen molar-refractivity contribution in [2.24, 2.45) is 0 Å². The predicted molar refractivity (Wildman–Crippen MR) is 53.5 cm³/mol. The zero-order chi connectivity index (χ0) is 9.84. The second-order valence-corrected chi connectivity index (χ2v) is 3.80. The summed E-state index contributed by atoms with van der Waals surface area (Å²) in [6, 6.07) is 0.295. The number of nitrogens with zero attached hydrogens (tertiary/aromatic N) is 2. The van der Waals surface area contributed by atoms with E-state index in [-0.39, 0.29) is 6.61 Å². The molecule has 13 heavy (non-hydrogen) atoms. The van der Waals surface area contributed by atoms with Crippen LogP contribution in [-0.4, -0.2) is 66.2 Å². The van der Waals surface area contributed by atoms with E-state index in [1.807, 2.05) is 0 Å². The summed E-state index contributed by atoms with van der Waals surface area (Å²) in [6.07, 6.45) is 0.745. The van der Waals surface area contributed by atoms with Crippen molar-refractivity contribution in [2.75, 3.05) is 33.3 Å². The van der Waals surface area contributed by atoms with E-state index in [4.69, 9.17) is 5.11 Å². The maximum atomic E-state index is 9.49. The topological polar surface area (TPSA) is 46.9 Å². The van der Waals surface area contributed by atoms with Crippen LogP contribution < -0.4 is 0 Å². The van der Waals surface area contributed by atoms with Gasteiger partial charge in [0.05, 0.1) is 0 Å². The summed E-state index contributed by atoms with van der Waals surface area (Å²) >= 11 is 0. The smallest absolute Gasteiger partial charge is 0.376 e. The van der Waals surface area contributed by atoms with Crippen molar-refractivity contribution in [1.82, 2.24) is 9.71 Å². The molecule has 1 rings (SSSR count). The largest absolute Gasteiger partial charge is 0.437 e. The molecule has 0 aromatic heterocycles. The molecule has 76 valence electrons. The minimum absolute atomic E-state index is 0.196. The van der Waals surface area contributed by atoms with Crippen molar-refractivity contribution in [3.05, 3.63) is 0 Å². The summed E-state index contributed by atoms with van der Waals surface area (Å²) in [5, 5.41) is 18.4. The Labute approximate surface area is 80.3 Å². The van der Waals surface area contributed by atoms with Crippen molar-refractivity contribution >= 4 is 7.05 Å².